The van der Waals surface area contributed by atoms with Crippen LogP contribution in [0.5, 0.6) is 0 Å². The molecule has 1 N–H and O–H groups in total. The van der Waals surface area contributed by atoms with Gasteiger partial charge in [-0.1, -0.05) is 6.92 Å². The summed E-state index contributed by atoms with van der Waals surface area (Å²) in [6.07, 6.45) is 3.93. The predicted octanol–water partition coefficient (Wildman–Crippen LogP) is 3.75. The molecule has 1 aromatic rings. The van der Waals surface area contributed by atoms with Crippen LogP contribution in [-0.2, 0) is 0 Å². The normalized spacial score (nSPS) is 17.5. The minimum Gasteiger partial charge on any atom is -0.367 e. The first kappa shape index (κ1) is 10.9. The largest absolute Gasteiger partial charge is 0.367 e. The van der Waals surface area contributed by atoms with Crippen LogP contribution < -0.4 is 5.32 Å². The van der Waals surface area contributed by atoms with Crippen molar-refractivity contribution in [3.8, 4) is 0 Å². The number of hydrogen-bond donors (Lipinski definition) is 1. The first-order valence-corrected chi connectivity index (χ1v) is 6.39. The van der Waals surface area contributed by atoms with Gasteiger partial charge >= 0.3 is 0 Å². The second-order valence-electron chi connectivity index (χ2n) is 4.26. The van der Waals surface area contributed by atoms with Crippen molar-refractivity contribution in [1.82, 2.24) is 4.98 Å². The van der Waals surface area contributed by atoms with Crippen LogP contribution in [0.2, 0.25) is 0 Å². The smallest absolute Gasteiger partial charge is 0.126 e. The van der Waals surface area contributed by atoms with Crippen LogP contribution in [0.4, 0.5) is 5.82 Å². The third-order valence-electron chi connectivity index (χ3n) is 2.99. The Labute approximate surface area is 99.6 Å². The van der Waals surface area contributed by atoms with Gasteiger partial charge in [0, 0.05) is 10.5 Å². The van der Waals surface area contributed by atoms with E-state index in [-0.39, 0.29) is 0 Å². The summed E-state index contributed by atoms with van der Waals surface area (Å²) in [6, 6.07) is 4.71. The third kappa shape index (κ3) is 2.71. The van der Waals surface area contributed by atoms with Crippen LogP contribution in [0.15, 0.2) is 16.6 Å². The van der Waals surface area contributed by atoms with Gasteiger partial charge in [0.2, 0.25) is 0 Å². The summed E-state index contributed by atoms with van der Waals surface area (Å²) in [5.41, 5.74) is 1.05. The van der Waals surface area contributed by atoms with E-state index in [1.807, 2.05) is 13.0 Å². The molecule has 1 aliphatic carbocycles. The van der Waals surface area contributed by atoms with Crippen LogP contribution >= 0.6 is 15.9 Å². The summed E-state index contributed by atoms with van der Waals surface area (Å²) in [7, 11) is 0. The molecular weight excluding hydrogens is 252 g/mol. The lowest BCUT2D eigenvalue weighted by Crippen LogP contribution is -2.21. The van der Waals surface area contributed by atoms with Crippen molar-refractivity contribution in [2.24, 2.45) is 5.92 Å². The van der Waals surface area contributed by atoms with Gasteiger partial charge in [0.25, 0.3) is 0 Å². The topological polar surface area (TPSA) is 24.9 Å². The average molecular weight is 269 g/mol. The number of pyridine rings is 1. The Morgan fingerprint density at radius 3 is 2.80 bits per heavy atom. The summed E-state index contributed by atoms with van der Waals surface area (Å²) in [6.45, 7) is 4.26. The molecule has 0 amide bonds. The Morgan fingerprint density at radius 2 is 2.27 bits per heavy atom. The molecule has 1 aliphatic rings. The molecule has 0 aliphatic heterocycles. The van der Waals surface area contributed by atoms with Gasteiger partial charge in [0.1, 0.15) is 5.82 Å². The molecule has 1 saturated carbocycles. The van der Waals surface area contributed by atoms with Gasteiger partial charge in [0.15, 0.2) is 0 Å². The Morgan fingerprint density at radius 1 is 1.53 bits per heavy atom. The SMILES string of the molecule is CCC(Nc1ccc(Br)c(C)n1)C1CC1. The fourth-order valence-electron chi connectivity index (χ4n) is 1.87. The zero-order valence-electron chi connectivity index (χ0n) is 9.26. The fraction of sp³-hybridized carbons (Fsp3) is 0.583. The summed E-state index contributed by atoms with van der Waals surface area (Å²) < 4.78 is 1.08. The van der Waals surface area contributed by atoms with E-state index in [4.69, 9.17) is 0 Å². The van der Waals surface area contributed by atoms with Crippen molar-refractivity contribution in [1.29, 1.82) is 0 Å². The van der Waals surface area contributed by atoms with Crippen molar-refractivity contribution >= 4 is 21.7 Å². The zero-order valence-corrected chi connectivity index (χ0v) is 10.8. The van der Waals surface area contributed by atoms with Crippen molar-refractivity contribution in [3.05, 3.63) is 22.3 Å². The van der Waals surface area contributed by atoms with E-state index in [2.05, 4.69) is 39.2 Å². The number of anilines is 1. The van der Waals surface area contributed by atoms with Gasteiger partial charge in [-0.2, -0.15) is 0 Å². The van der Waals surface area contributed by atoms with Crippen LogP contribution in [0.25, 0.3) is 0 Å². The van der Waals surface area contributed by atoms with Crippen molar-refractivity contribution in [3.63, 3.8) is 0 Å². The number of hydrogen-bond acceptors (Lipinski definition) is 2. The summed E-state index contributed by atoms with van der Waals surface area (Å²) >= 11 is 3.46. The van der Waals surface area contributed by atoms with E-state index in [1.54, 1.807) is 0 Å². The van der Waals surface area contributed by atoms with Crippen LogP contribution in [0.1, 0.15) is 31.9 Å². The molecule has 0 radical (unpaired) electrons. The third-order valence-corrected chi connectivity index (χ3v) is 3.82. The highest BCUT2D eigenvalue weighted by Crippen LogP contribution is 2.35. The molecule has 0 saturated heterocycles. The maximum Gasteiger partial charge on any atom is 0.126 e. The van der Waals surface area contributed by atoms with E-state index in [1.165, 1.54) is 19.3 Å². The molecule has 1 unspecified atom stereocenters. The van der Waals surface area contributed by atoms with E-state index in [0.29, 0.717) is 6.04 Å². The molecule has 2 rings (SSSR count). The lowest BCUT2D eigenvalue weighted by molar-refractivity contribution is 0.614. The Bertz CT molecular complexity index is 347. The summed E-state index contributed by atoms with van der Waals surface area (Å²) in [5.74, 6) is 1.88. The molecule has 2 nitrogen and oxygen atoms in total. The molecule has 0 bridgehead atoms. The molecule has 0 aromatic carbocycles. The minimum atomic E-state index is 0.609. The molecule has 1 heterocycles. The average Bonchev–Trinajstić information content (AvgIpc) is 3.03. The van der Waals surface area contributed by atoms with Gasteiger partial charge in [0.05, 0.1) is 5.69 Å². The fourth-order valence-corrected chi connectivity index (χ4v) is 2.09. The van der Waals surface area contributed by atoms with E-state index in [9.17, 15) is 0 Å². The number of aryl methyl sites for hydroxylation is 1. The van der Waals surface area contributed by atoms with E-state index in [0.717, 1.165) is 21.9 Å². The van der Waals surface area contributed by atoms with Crippen molar-refractivity contribution < 1.29 is 0 Å². The highest BCUT2D eigenvalue weighted by atomic mass is 79.9. The maximum atomic E-state index is 4.51. The van der Waals surface area contributed by atoms with Crippen molar-refractivity contribution in [2.75, 3.05) is 5.32 Å². The molecule has 15 heavy (non-hydrogen) atoms. The Hall–Kier alpha value is -0.570. The first-order chi connectivity index (χ1) is 7.20. The number of nitrogens with zero attached hydrogens (tertiary/aromatic N) is 1. The minimum absolute atomic E-state index is 0.609. The van der Waals surface area contributed by atoms with E-state index >= 15 is 0 Å². The van der Waals surface area contributed by atoms with Gasteiger partial charge in [-0.3, -0.25) is 0 Å². The lowest BCUT2D eigenvalue weighted by atomic mass is 10.1. The highest BCUT2D eigenvalue weighted by Gasteiger charge is 2.29. The zero-order chi connectivity index (χ0) is 10.8. The second-order valence-corrected chi connectivity index (χ2v) is 5.11. The number of rotatable bonds is 4. The summed E-state index contributed by atoms with van der Waals surface area (Å²) in [5, 5.41) is 3.53. The highest BCUT2D eigenvalue weighted by molar-refractivity contribution is 9.10. The van der Waals surface area contributed by atoms with Crippen LogP contribution in [-0.4, -0.2) is 11.0 Å². The Balaban J connectivity index is 2.05. The molecule has 3 heteroatoms. The Kier molecular flexibility index (Phi) is 3.29. The molecule has 1 aromatic heterocycles. The summed E-state index contributed by atoms with van der Waals surface area (Å²) in [4.78, 5) is 4.51. The standard InChI is InChI=1S/C12H17BrN2/c1-3-11(9-4-5-9)15-12-7-6-10(13)8(2)14-12/h6-7,9,11H,3-5H2,1-2H3,(H,14,15). The van der Waals surface area contributed by atoms with Gasteiger partial charge in [-0.15, -0.1) is 0 Å². The molecule has 82 valence electrons. The first-order valence-electron chi connectivity index (χ1n) is 5.60. The molecule has 0 spiro atoms. The molecule has 1 atom stereocenters. The van der Waals surface area contributed by atoms with Crippen molar-refractivity contribution in [2.45, 2.75) is 39.2 Å². The molecular formula is C12H17BrN2. The van der Waals surface area contributed by atoms with Gasteiger partial charge in [-0.25, -0.2) is 4.98 Å². The number of halogens is 1. The van der Waals surface area contributed by atoms with Gasteiger partial charge in [-0.05, 0) is 60.2 Å². The van der Waals surface area contributed by atoms with Crippen LogP contribution in [0.3, 0.4) is 0 Å². The number of aromatic nitrogens is 1. The van der Waals surface area contributed by atoms with E-state index < -0.39 is 0 Å². The monoisotopic (exact) mass is 268 g/mol. The van der Waals surface area contributed by atoms with Crippen LogP contribution in [0, 0.1) is 12.8 Å². The molecule has 1 fully saturated rings. The van der Waals surface area contributed by atoms with Gasteiger partial charge < -0.3 is 5.32 Å². The maximum absolute atomic E-state index is 4.51. The predicted molar refractivity (Wildman–Crippen MR) is 67.1 cm³/mol. The number of nitrogens with one attached hydrogen (secondary N) is 1. The quantitative estimate of drug-likeness (QED) is 0.900. The second kappa shape index (κ2) is 4.52. The lowest BCUT2D eigenvalue weighted by Gasteiger charge is -2.17.